The van der Waals surface area contributed by atoms with Gasteiger partial charge in [-0.2, -0.15) is 0 Å². The molecule has 0 saturated heterocycles. The van der Waals surface area contributed by atoms with Crippen LogP contribution in [-0.2, 0) is 23.9 Å². The summed E-state index contributed by atoms with van der Waals surface area (Å²) in [7, 11) is 0. The van der Waals surface area contributed by atoms with Gasteiger partial charge < -0.3 is 9.47 Å². The third-order valence-corrected chi connectivity index (χ3v) is 3.21. The van der Waals surface area contributed by atoms with E-state index in [1.807, 2.05) is 0 Å². The summed E-state index contributed by atoms with van der Waals surface area (Å²) in [5, 5.41) is 0. The van der Waals surface area contributed by atoms with Crippen molar-refractivity contribution >= 4 is 17.7 Å². The average molecular weight is 226 g/mol. The van der Waals surface area contributed by atoms with E-state index in [1.165, 1.54) is 13.8 Å². The van der Waals surface area contributed by atoms with Gasteiger partial charge in [-0.15, -0.1) is 0 Å². The zero-order valence-electron chi connectivity index (χ0n) is 9.26. The van der Waals surface area contributed by atoms with Gasteiger partial charge in [-0.3, -0.25) is 14.4 Å². The Morgan fingerprint density at radius 3 is 1.69 bits per heavy atom. The van der Waals surface area contributed by atoms with Gasteiger partial charge in [0.05, 0.1) is 0 Å². The molecule has 3 saturated carbocycles. The number of ether oxygens (including phenoxy) is 2. The molecular formula is C11H14O5. The molecule has 0 aromatic heterocycles. The quantitative estimate of drug-likeness (QED) is 0.640. The number of hydrogen-bond donors (Lipinski definition) is 0. The molecule has 0 N–H and O–H groups in total. The minimum atomic E-state index is -0.716. The summed E-state index contributed by atoms with van der Waals surface area (Å²) in [6.07, 6.45) is 0.155. The van der Waals surface area contributed by atoms with Crippen molar-refractivity contribution in [2.24, 2.45) is 11.8 Å². The molecule has 16 heavy (non-hydrogen) atoms. The molecule has 0 amide bonds. The topological polar surface area (TPSA) is 69.7 Å². The third kappa shape index (κ3) is 1.81. The molecule has 0 spiro atoms. The van der Waals surface area contributed by atoms with Crippen molar-refractivity contribution in [1.82, 2.24) is 0 Å². The van der Waals surface area contributed by atoms with Crippen LogP contribution in [-0.4, -0.2) is 29.9 Å². The second kappa shape index (κ2) is 3.88. The first-order chi connectivity index (χ1) is 7.49. The van der Waals surface area contributed by atoms with E-state index in [4.69, 9.17) is 9.47 Å². The minimum Gasteiger partial charge on any atom is -0.454 e. The third-order valence-electron chi connectivity index (χ3n) is 3.21. The molecule has 0 aliphatic heterocycles. The first-order valence-corrected chi connectivity index (χ1v) is 5.37. The number of fused-ring (bicyclic) bond motifs is 2. The average Bonchev–Trinajstić information content (AvgIpc) is 2.07. The summed E-state index contributed by atoms with van der Waals surface area (Å²) in [4.78, 5) is 33.6. The molecule has 0 aromatic carbocycles. The molecule has 5 nitrogen and oxygen atoms in total. The van der Waals surface area contributed by atoms with Crippen LogP contribution in [0.1, 0.15) is 26.7 Å². The number of esters is 2. The molecule has 2 atom stereocenters. The molecule has 2 unspecified atom stereocenters. The highest BCUT2D eigenvalue weighted by Crippen LogP contribution is 2.46. The maximum absolute atomic E-state index is 11.9. The SMILES string of the molecule is CC(=O)OC1C(=O)C(OC(C)=O)C2CC1C2. The predicted octanol–water partition coefficient (Wildman–Crippen LogP) is 0.459. The molecule has 3 aliphatic rings. The Labute approximate surface area is 93.1 Å². The highest BCUT2D eigenvalue weighted by molar-refractivity contribution is 5.92. The minimum absolute atomic E-state index is 0.119. The number of rotatable bonds is 2. The Balaban J connectivity index is 2.08. The van der Waals surface area contributed by atoms with E-state index >= 15 is 0 Å². The monoisotopic (exact) mass is 226 g/mol. The Hall–Kier alpha value is -1.39. The molecule has 3 aliphatic carbocycles. The van der Waals surface area contributed by atoms with Gasteiger partial charge in [-0.05, 0) is 12.8 Å². The van der Waals surface area contributed by atoms with Gasteiger partial charge in [-0.25, -0.2) is 0 Å². The highest BCUT2D eigenvalue weighted by atomic mass is 16.6. The normalized spacial score (nSPS) is 36.2. The van der Waals surface area contributed by atoms with Crippen LogP contribution in [0.3, 0.4) is 0 Å². The van der Waals surface area contributed by atoms with Crippen molar-refractivity contribution in [3.8, 4) is 0 Å². The van der Waals surface area contributed by atoms with Gasteiger partial charge in [0.2, 0.25) is 5.78 Å². The van der Waals surface area contributed by atoms with Gasteiger partial charge >= 0.3 is 11.9 Å². The summed E-state index contributed by atoms with van der Waals surface area (Å²) in [5.41, 5.74) is 0. The summed E-state index contributed by atoms with van der Waals surface area (Å²) in [6, 6.07) is 0. The molecule has 0 aromatic rings. The van der Waals surface area contributed by atoms with Crippen molar-refractivity contribution in [3.05, 3.63) is 0 Å². The molecule has 2 bridgehead atoms. The first-order valence-electron chi connectivity index (χ1n) is 5.37. The van der Waals surface area contributed by atoms with E-state index in [0.717, 1.165) is 12.8 Å². The van der Waals surface area contributed by atoms with Crippen LogP contribution >= 0.6 is 0 Å². The molecule has 3 fully saturated rings. The lowest BCUT2D eigenvalue weighted by molar-refractivity contribution is -0.187. The van der Waals surface area contributed by atoms with Gasteiger partial charge in [0.15, 0.2) is 12.2 Å². The Kier molecular flexibility index (Phi) is 2.69. The van der Waals surface area contributed by atoms with Crippen LogP contribution in [0.5, 0.6) is 0 Å². The van der Waals surface area contributed by atoms with Crippen LogP contribution in [0.4, 0.5) is 0 Å². The Morgan fingerprint density at radius 2 is 1.38 bits per heavy atom. The lowest BCUT2D eigenvalue weighted by Crippen LogP contribution is -2.58. The number of carbonyl (C=O) groups is 3. The van der Waals surface area contributed by atoms with E-state index in [2.05, 4.69) is 0 Å². The Bertz CT molecular complexity index is 312. The fourth-order valence-electron chi connectivity index (χ4n) is 2.50. The summed E-state index contributed by atoms with van der Waals surface area (Å²) < 4.78 is 9.97. The van der Waals surface area contributed by atoms with Crippen molar-refractivity contribution in [2.45, 2.75) is 38.9 Å². The van der Waals surface area contributed by atoms with E-state index in [0.29, 0.717) is 0 Å². The van der Waals surface area contributed by atoms with Crippen molar-refractivity contribution in [1.29, 1.82) is 0 Å². The maximum Gasteiger partial charge on any atom is 0.303 e. The lowest BCUT2D eigenvalue weighted by Gasteiger charge is -2.48. The molecular weight excluding hydrogens is 212 g/mol. The summed E-state index contributed by atoms with van der Waals surface area (Å²) in [5.74, 6) is -0.963. The zero-order chi connectivity index (χ0) is 11.9. The van der Waals surface area contributed by atoms with Crippen LogP contribution in [0.15, 0.2) is 0 Å². The van der Waals surface area contributed by atoms with Crippen LogP contribution in [0.2, 0.25) is 0 Å². The lowest BCUT2D eigenvalue weighted by atomic mass is 9.61. The van der Waals surface area contributed by atoms with Crippen molar-refractivity contribution in [3.63, 3.8) is 0 Å². The highest BCUT2D eigenvalue weighted by Gasteiger charge is 2.54. The number of carbonyl (C=O) groups excluding carboxylic acids is 3. The predicted molar refractivity (Wildman–Crippen MR) is 52.3 cm³/mol. The number of ketones is 1. The number of hydrogen-bond acceptors (Lipinski definition) is 5. The van der Waals surface area contributed by atoms with Crippen LogP contribution < -0.4 is 0 Å². The van der Waals surface area contributed by atoms with Gasteiger partial charge in [0.25, 0.3) is 0 Å². The summed E-state index contributed by atoms with van der Waals surface area (Å²) >= 11 is 0. The van der Waals surface area contributed by atoms with Crippen LogP contribution in [0.25, 0.3) is 0 Å². The smallest absolute Gasteiger partial charge is 0.303 e. The van der Waals surface area contributed by atoms with E-state index in [-0.39, 0.29) is 17.6 Å². The largest absolute Gasteiger partial charge is 0.454 e. The molecule has 88 valence electrons. The maximum atomic E-state index is 11.9. The second-order valence-corrected chi connectivity index (χ2v) is 4.45. The molecule has 0 heterocycles. The van der Waals surface area contributed by atoms with Gasteiger partial charge in [0.1, 0.15) is 0 Å². The van der Waals surface area contributed by atoms with Crippen LogP contribution in [0, 0.1) is 11.8 Å². The van der Waals surface area contributed by atoms with Gasteiger partial charge in [-0.1, -0.05) is 0 Å². The number of Topliss-reactive ketones (excluding diaryl/α,β-unsaturated/α-hetero) is 1. The molecule has 5 heteroatoms. The fourth-order valence-corrected chi connectivity index (χ4v) is 2.50. The molecule has 0 radical (unpaired) electrons. The zero-order valence-corrected chi connectivity index (χ0v) is 9.26. The standard InChI is InChI=1S/C11H14O5/c1-5(12)15-10-7-3-8(4-7)11(9(10)14)16-6(2)13/h7-8,10-11H,3-4H2,1-2H3. The van der Waals surface area contributed by atoms with Crippen molar-refractivity contribution < 1.29 is 23.9 Å². The second-order valence-electron chi connectivity index (χ2n) is 4.45. The summed E-state index contributed by atoms with van der Waals surface area (Å²) in [6.45, 7) is 2.55. The fraction of sp³-hybridized carbons (Fsp3) is 0.727. The Morgan fingerprint density at radius 1 is 1.00 bits per heavy atom. The molecule has 3 rings (SSSR count). The van der Waals surface area contributed by atoms with Gasteiger partial charge in [0, 0.05) is 25.7 Å². The van der Waals surface area contributed by atoms with E-state index < -0.39 is 24.1 Å². The van der Waals surface area contributed by atoms with Crippen molar-refractivity contribution in [2.75, 3.05) is 0 Å². The van der Waals surface area contributed by atoms with E-state index in [9.17, 15) is 14.4 Å². The first kappa shape index (κ1) is 11.1. The van der Waals surface area contributed by atoms with E-state index in [1.54, 1.807) is 0 Å².